The summed E-state index contributed by atoms with van der Waals surface area (Å²) >= 11 is 12.0. The van der Waals surface area contributed by atoms with Gasteiger partial charge in [0.1, 0.15) is 4.90 Å². The van der Waals surface area contributed by atoms with Crippen LogP contribution in [-0.2, 0) is 21.2 Å². The molecule has 1 fully saturated rings. The van der Waals surface area contributed by atoms with Gasteiger partial charge >= 0.3 is 0 Å². The van der Waals surface area contributed by atoms with Gasteiger partial charge in [0.25, 0.3) is 0 Å². The van der Waals surface area contributed by atoms with Crippen molar-refractivity contribution in [1.29, 1.82) is 5.26 Å². The second-order valence-corrected chi connectivity index (χ2v) is 9.42. The summed E-state index contributed by atoms with van der Waals surface area (Å²) in [6.07, 6.45) is 0.903. The minimum Gasteiger partial charge on any atom is -0.340 e. The molecule has 1 aliphatic heterocycles. The van der Waals surface area contributed by atoms with Crippen molar-refractivity contribution in [3.63, 3.8) is 0 Å². The number of benzene rings is 2. The number of aryl methyl sites for hydroxylation is 1. The Morgan fingerprint density at radius 2 is 1.69 bits per heavy atom. The lowest BCUT2D eigenvalue weighted by Gasteiger charge is -2.34. The van der Waals surface area contributed by atoms with E-state index in [1.807, 2.05) is 12.1 Å². The van der Waals surface area contributed by atoms with Crippen molar-refractivity contribution in [1.82, 2.24) is 9.21 Å². The van der Waals surface area contributed by atoms with Gasteiger partial charge in [0.2, 0.25) is 15.9 Å². The number of nitrogens with zero attached hydrogens (tertiary/aromatic N) is 3. The van der Waals surface area contributed by atoms with Crippen molar-refractivity contribution >= 4 is 39.1 Å². The molecular formula is C20H19Cl2N3O3S. The molecule has 0 saturated carbocycles. The van der Waals surface area contributed by atoms with E-state index in [1.54, 1.807) is 17.0 Å². The van der Waals surface area contributed by atoms with Crippen LogP contribution in [0.5, 0.6) is 0 Å². The van der Waals surface area contributed by atoms with Crippen LogP contribution in [0.25, 0.3) is 0 Å². The summed E-state index contributed by atoms with van der Waals surface area (Å²) in [6.45, 7) is 1.05. The van der Waals surface area contributed by atoms with E-state index in [4.69, 9.17) is 28.5 Å². The summed E-state index contributed by atoms with van der Waals surface area (Å²) in [5.41, 5.74) is 1.56. The highest BCUT2D eigenvalue weighted by atomic mass is 35.5. The first kappa shape index (κ1) is 21.6. The van der Waals surface area contributed by atoms with Crippen molar-refractivity contribution in [2.24, 2.45) is 0 Å². The molecule has 1 amide bonds. The standard InChI is InChI=1S/C20H19Cl2N3O3S/c21-17-6-7-18(22)19(13-17)29(27,28)25-11-9-24(10-12-25)20(26)8-5-15-1-3-16(14-23)4-2-15/h1-4,6-7,13H,5,8-12H2. The number of carbonyl (C=O) groups excluding carboxylic acids is 1. The summed E-state index contributed by atoms with van der Waals surface area (Å²) in [5, 5.41) is 9.24. The van der Waals surface area contributed by atoms with Crippen LogP contribution in [0.2, 0.25) is 10.0 Å². The van der Waals surface area contributed by atoms with Crippen LogP contribution in [0, 0.1) is 11.3 Å². The topological polar surface area (TPSA) is 81.5 Å². The van der Waals surface area contributed by atoms with Gasteiger partial charge in [-0.05, 0) is 42.3 Å². The van der Waals surface area contributed by atoms with E-state index >= 15 is 0 Å². The van der Waals surface area contributed by atoms with Crippen molar-refractivity contribution in [3.05, 3.63) is 63.6 Å². The predicted octanol–water partition coefficient (Wildman–Crippen LogP) is 3.33. The number of sulfonamides is 1. The monoisotopic (exact) mass is 451 g/mol. The van der Waals surface area contributed by atoms with Gasteiger partial charge in [-0.2, -0.15) is 9.57 Å². The molecule has 0 N–H and O–H groups in total. The highest BCUT2D eigenvalue weighted by molar-refractivity contribution is 7.89. The lowest BCUT2D eigenvalue weighted by molar-refractivity contribution is -0.132. The first-order valence-electron chi connectivity index (χ1n) is 9.03. The Balaban J connectivity index is 1.57. The smallest absolute Gasteiger partial charge is 0.244 e. The summed E-state index contributed by atoms with van der Waals surface area (Å²) in [7, 11) is -3.77. The molecule has 9 heteroatoms. The van der Waals surface area contributed by atoms with Gasteiger partial charge in [0, 0.05) is 37.6 Å². The molecule has 0 bridgehead atoms. The maximum Gasteiger partial charge on any atom is 0.244 e. The molecule has 1 heterocycles. The summed E-state index contributed by atoms with van der Waals surface area (Å²) in [6, 6.07) is 13.5. The van der Waals surface area contributed by atoms with Crippen LogP contribution in [0.3, 0.4) is 0 Å². The molecule has 2 aromatic carbocycles. The Bertz CT molecular complexity index is 1040. The largest absolute Gasteiger partial charge is 0.340 e. The second kappa shape index (κ2) is 9.14. The minimum atomic E-state index is -3.77. The van der Waals surface area contributed by atoms with E-state index in [-0.39, 0.29) is 28.9 Å². The Kier molecular flexibility index (Phi) is 6.81. The van der Waals surface area contributed by atoms with Gasteiger partial charge < -0.3 is 4.90 Å². The molecule has 6 nitrogen and oxygen atoms in total. The Hall–Kier alpha value is -2.11. The third-order valence-corrected chi connectivity index (χ3v) is 7.43. The van der Waals surface area contributed by atoms with Crippen molar-refractivity contribution in [2.75, 3.05) is 26.2 Å². The summed E-state index contributed by atoms with van der Waals surface area (Å²) in [5.74, 6) is -0.0211. The van der Waals surface area contributed by atoms with Crippen molar-refractivity contribution < 1.29 is 13.2 Å². The number of hydrogen-bond donors (Lipinski definition) is 0. The molecule has 1 aliphatic rings. The first-order valence-corrected chi connectivity index (χ1v) is 11.2. The van der Waals surface area contributed by atoms with Gasteiger partial charge in [0.15, 0.2) is 0 Å². The van der Waals surface area contributed by atoms with E-state index in [0.717, 1.165) is 5.56 Å². The Labute approximate surface area is 180 Å². The van der Waals surface area contributed by atoms with Gasteiger partial charge in [-0.15, -0.1) is 0 Å². The van der Waals surface area contributed by atoms with Crippen LogP contribution in [-0.4, -0.2) is 49.7 Å². The second-order valence-electron chi connectivity index (χ2n) is 6.67. The lowest BCUT2D eigenvalue weighted by Crippen LogP contribution is -2.50. The fourth-order valence-corrected chi connectivity index (χ4v) is 5.31. The van der Waals surface area contributed by atoms with E-state index < -0.39 is 10.0 Å². The molecule has 0 spiro atoms. The number of halogens is 2. The van der Waals surface area contributed by atoms with E-state index in [0.29, 0.717) is 36.5 Å². The summed E-state index contributed by atoms with van der Waals surface area (Å²) < 4.78 is 27.0. The average molecular weight is 452 g/mol. The van der Waals surface area contributed by atoms with Crippen LogP contribution in [0.1, 0.15) is 17.5 Å². The van der Waals surface area contributed by atoms with Crippen LogP contribution >= 0.6 is 23.2 Å². The van der Waals surface area contributed by atoms with E-state index in [1.165, 1.54) is 22.5 Å². The van der Waals surface area contributed by atoms with Crippen molar-refractivity contribution in [3.8, 4) is 6.07 Å². The summed E-state index contributed by atoms with van der Waals surface area (Å²) in [4.78, 5) is 14.1. The van der Waals surface area contributed by atoms with Crippen molar-refractivity contribution in [2.45, 2.75) is 17.7 Å². The molecule has 0 radical (unpaired) electrons. The van der Waals surface area contributed by atoms with Gasteiger partial charge in [-0.3, -0.25) is 4.79 Å². The average Bonchev–Trinajstić information content (AvgIpc) is 2.74. The lowest BCUT2D eigenvalue weighted by atomic mass is 10.1. The molecule has 0 aliphatic carbocycles. The molecule has 0 aromatic heterocycles. The molecule has 1 saturated heterocycles. The minimum absolute atomic E-state index is 0.0211. The Morgan fingerprint density at radius 3 is 2.31 bits per heavy atom. The molecule has 29 heavy (non-hydrogen) atoms. The third kappa shape index (κ3) is 5.09. The molecule has 0 unspecified atom stereocenters. The van der Waals surface area contributed by atoms with Gasteiger partial charge in [-0.1, -0.05) is 35.3 Å². The fourth-order valence-electron chi connectivity index (χ4n) is 3.15. The number of piperazine rings is 1. The van der Waals surface area contributed by atoms with E-state index in [9.17, 15) is 13.2 Å². The SMILES string of the molecule is N#Cc1ccc(CCC(=O)N2CCN(S(=O)(=O)c3cc(Cl)ccc3Cl)CC2)cc1. The Morgan fingerprint density at radius 1 is 1.03 bits per heavy atom. The normalized spacial score (nSPS) is 15.1. The maximum absolute atomic E-state index is 12.9. The number of amides is 1. The van der Waals surface area contributed by atoms with Crippen LogP contribution in [0.4, 0.5) is 0 Å². The van der Waals surface area contributed by atoms with E-state index in [2.05, 4.69) is 6.07 Å². The number of rotatable bonds is 5. The number of carbonyl (C=O) groups is 1. The molecule has 2 aromatic rings. The molecule has 152 valence electrons. The molecular weight excluding hydrogens is 433 g/mol. The quantitative estimate of drug-likeness (QED) is 0.697. The third-order valence-electron chi connectivity index (χ3n) is 4.81. The first-order chi connectivity index (χ1) is 13.8. The zero-order chi connectivity index (χ0) is 21.0. The van der Waals surface area contributed by atoms with Crippen LogP contribution in [0.15, 0.2) is 47.4 Å². The maximum atomic E-state index is 12.9. The molecule has 0 atom stereocenters. The predicted molar refractivity (Wildman–Crippen MR) is 111 cm³/mol. The zero-order valence-corrected chi connectivity index (χ0v) is 17.8. The fraction of sp³-hybridized carbons (Fsp3) is 0.300. The zero-order valence-electron chi connectivity index (χ0n) is 15.5. The van der Waals surface area contributed by atoms with Gasteiger partial charge in [0.05, 0.1) is 16.7 Å². The molecule has 3 rings (SSSR count). The van der Waals surface area contributed by atoms with Crippen LogP contribution < -0.4 is 0 Å². The highest BCUT2D eigenvalue weighted by Crippen LogP contribution is 2.28. The number of nitriles is 1. The highest BCUT2D eigenvalue weighted by Gasteiger charge is 2.31. The number of hydrogen-bond acceptors (Lipinski definition) is 4. The van der Waals surface area contributed by atoms with Gasteiger partial charge in [-0.25, -0.2) is 8.42 Å².